The zero-order chi connectivity index (χ0) is 14.0. The van der Waals surface area contributed by atoms with Crippen LogP contribution in [0.2, 0.25) is 0 Å². The maximum Gasteiger partial charge on any atom is 0.153 e. The molecule has 1 aromatic carbocycles. The molecule has 1 aliphatic rings. The Balaban J connectivity index is 2.09. The first-order chi connectivity index (χ1) is 9.02. The van der Waals surface area contributed by atoms with E-state index in [1.165, 1.54) is 12.1 Å². The number of ether oxygens (including phenoxy) is 2. The monoisotopic (exact) mass is 270 g/mol. The summed E-state index contributed by atoms with van der Waals surface area (Å²) in [6, 6.07) is 6.03. The maximum absolute atomic E-state index is 10.0. The van der Waals surface area contributed by atoms with Crippen molar-refractivity contribution in [1.82, 2.24) is 0 Å². The van der Waals surface area contributed by atoms with Gasteiger partial charge in [0.25, 0.3) is 0 Å². The number of rotatable bonds is 3. The van der Waals surface area contributed by atoms with E-state index in [9.17, 15) is 15.3 Å². The van der Waals surface area contributed by atoms with E-state index in [1.807, 2.05) is 0 Å². The highest BCUT2D eigenvalue weighted by Crippen LogP contribution is 2.26. The Kier molecular flexibility index (Phi) is 4.26. The fourth-order valence-corrected chi connectivity index (χ4v) is 2.12. The zero-order valence-corrected chi connectivity index (χ0v) is 10.5. The molecule has 0 spiro atoms. The van der Waals surface area contributed by atoms with E-state index in [1.54, 1.807) is 19.1 Å². The Morgan fingerprint density at radius 3 is 2.37 bits per heavy atom. The van der Waals surface area contributed by atoms with Crippen molar-refractivity contribution in [2.45, 2.75) is 37.4 Å². The highest BCUT2D eigenvalue weighted by molar-refractivity contribution is 5.30. The summed E-state index contributed by atoms with van der Waals surface area (Å²) >= 11 is 0. The first-order valence-electron chi connectivity index (χ1n) is 6.11. The van der Waals surface area contributed by atoms with Gasteiger partial charge in [-0.3, -0.25) is 0 Å². The minimum Gasteiger partial charge on any atom is -0.508 e. The average molecular weight is 270 g/mol. The van der Waals surface area contributed by atoms with Crippen LogP contribution in [-0.2, 0) is 4.74 Å². The minimum absolute atomic E-state index is 0.112. The molecular formula is C13H18O6. The minimum atomic E-state index is -1.21. The van der Waals surface area contributed by atoms with Gasteiger partial charge in [-0.05, 0) is 31.2 Å². The van der Waals surface area contributed by atoms with Crippen molar-refractivity contribution >= 4 is 0 Å². The lowest BCUT2D eigenvalue weighted by atomic mass is 9.96. The molecular weight excluding hydrogens is 252 g/mol. The molecule has 1 heterocycles. The Morgan fingerprint density at radius 1 is 1.16 bits per heavy atom. The molecule has 0 aliphatic carbocycles. The smallest absolute Gasteiger partial charge is 0.153 e. The van der Waals surface area contributed by atoms with E-state index in [4.69, 9.17) is 14.6 Å². The van der Waals surface area contributed by atoms with Crippen LogP contribution in [0.3, 0.4) is 0 Å². The number of aliphatic hydroxyl groups is 3. The molecule has 6 nitrogen and oxygen atoms in total. The molecule has 19 heavy (non-hydrogen) atoms. The third kappa shape index (κ3) is 2.98. The first kappa shape index (κ1) is 14.1. The molecule has 0 aromatic heterocycles. The summed E-state index contributed by atoms with van der Waals surface area (Å²) in [4.78, 5) is 0. The number of hydrogen-bond acceptors (Lipinski definition) is 6. The van der Waals surface area contributed by atoms with Gasteiger partial charge in [0.1, 0.15) is 29.8 Å². The summed E-state index contributed by atoms with van der Waals surface area (Å²) in [5.41, 5.74) is 0. The predicted octanol–water partition coefficient (Wildman–Crippen LogP) is -0.359. The standard InChI is InChI=1S/C13H18O6/c1-7-13(12(17)11(16)10(6-14)18-7)19-9-4-2-8(15)3-5-9/h2-5,7,10-17H,6H2,1H3/t7-,10?,11+,12?,13?/m1/s1. The lowest BCUT2D eigenvalue weighted by Gasteiger charge is -2.40. The SMILES string of the molecule is C[C@H]1OC(CO)[C@H](O)C(O)C1Oc1ccc(O)cc1. The molecule has 1 aromatic rings. The molecule has 5 atom stereocenters. The van der Waals surface area contributed by atoms with Crippen molar-refractivity contribution in [2.24, 2.45) is 0 Å². The van der Waals surface area contributed by atoms with Crippen LogP contribution in [0.5, 0.6) is 11.5 Å². The fraction of sp³-hybridized carbons (Fsp3) is 0.538. The Labute approximate surface area is 110 Å². The quantitative estimate of drug-likeness (QED) is 0.598. The van der Waals surface area contributed by atoms with Crippen LogP contribution < -0.4 is 4.74 Å². The second-order valence-corrected chi connectivity index (χ2v) is 4.62. The van der Waals surface area contributed by atoms with Crippen molar-refractivity contribution in [3.8, 4) is 11.5 Å². The van der Waals surface area contributed by atoms with Crippen LogP contribution in [0.4, 0.5) is 0 Å². The number of aromatic hydroxyl groups is 1. The second kappa shape index (κ2) is 5.75. The summed E-state index contributed by atoms with van der Waals surface area (Å²) < 4.78 is 11.0. The van der Waals surface area contributed by atoms with Gasteiger partial charge in [0.05, 0.1) is 12.7 Å². The summed E-state index contributed by atoms with van der Waals surface area (Å²) in [7, 11) is 0. The largest absolute Gasteiger partial charge is 0.508 e. The molecule has 6 heteroatoms. The number of hydrogen-bond donors (Lipinski definition) is 4. The van der Waals surface area contributed by atoms with Gasteiger partial charge < -0.3 is 29.9 Å². The lowest BCUT2D eigenvalue weighted by molar-refractivity contribution is -0.217. The summed E-state index contributed by atoms with van der Waals surface area (Å²) in [6.07, 6.45) is -4.41. The van der Waals surface area contributed by atoms with Gasteiger partial charge >= 0.3 is 0 Å². The van der Waals surface area contributed by atoms with E-state index in [-0.39, 0.29) is 12.4 Å². The number of phenols is 1. The first-order valence-corrected chi connectivity index (χ1v) is 6.11. The highest BCUT2D eigenvalue weighted by Gasteiger charge is 2.43. The number of phenolic OH excluding ortho intramolecular Hbond substituents is 1. The molecule has 1 aliphatic heterocycles. The van der Waals surface area contributed by atoms with Crippen LogP contribution in [0.1, 0.15) is 6.92 Å². The Hall–Kier alpha value is -1.34. The molecule has 0 bridgehead atoms. The van der Waals surface area contributed by atoms with E-state index in [0.717, 1.165) is 0 Å². The molecule has 1 fully saturated rings. The topological polar surface area (TPSA) is 99.4 Å². The highest BCUT2D eigenvalue weighted by atomic mass is 16.6. The predicted molar refractivity (Wildman–Crippen MR) is 66.0 cm³/mol. The third-order valence-electron chi connectivity index (χ3n) is 3.21. The molecule has 0 radical (unpaired) electrons. The van der Waals surface area contributed by atoms with Crippen molar-refractivity contribution < 1.29 is 29.9 Å². The fourth-order valence-electron chi connectivity index (χ4n) is 2.12. The number of benzene rings is 1. The van der Waals surface area contributed by atoms with Crippen LogP contribution in [0.15, 0.2) is 24.3 Å². The molecule has 4 N–H and O–H groups in total. The lowest BCUT2D eigenvalue weighted by Crippen LogP contribution is -2.59. The van der Waals surface area contributed by atoms with Crippen molar-refractivity contribution in [3.63, 3.8) is 0 Å². The molecule has 106 valence electrons. The third-order valence-corrected chi connectivity index (χ3v) is 3.21. The zero-order valence-electron chi connectivity index (χ0n) is 10.5. The number of aliphatic hydroxyl groups excluding tert-OH is 3. The van der Waals surface area contributed by atoms with Crippen LogP contribution in [0, 0.1) is 0 Å². The van der Waals surface area contributed by atoms with Gasteiger partial charge in [-0.15, -0.1) is 0 Å². The summed E-state index contributed by atoms with van der Waals surface area (Å²) in [6.45, 7) is 1.33. The summed E-state index contributed by atoms with van der Waals surface area (Å²) in [5, 5.41) is 38.0. The van der Waals surface area contributed by atoms with E-state index < -0.39 is 30.5 Å². The van der Waals surface area contributed by atoms with Gasteiger partial charge in [0, 0.05) is 0 Å². The van der Waals surface area contributed by atoms with E-state index >= 15 is 0 Å². The Bertz CT molecular complexity index is 406. The van der Waals surface area contributed by atoms with Crippen LogP contribution in [0.25, 0.3) is 0 Å². The van der Waals surface area contributed by atoms with Crippen molar-refractivity contribution in [3.05, 3.63) is 24.3 Å². The van der Waals surface area contributed by atoms with E-state index in [2.05, 4.69) is 0 Å². The van der Waals surface area contributed by atoms with Gasteiger partial charge in [-0.1, -0.05) is 0 Å². The molecule has 0 amide bonds. The second-order valence-electron chi connectivity index (χ2n) is 4.62. The molecule has 2 rings (SSSR count). The van der Waals surface area contributed by atoms with Crippen LogP contribution >= 0.6 is 0 Å². The van der Waals surface area contributed by atoms with Gasteiger partial charge in [-0.25, -0.2) is 0 Å². The Morgan fingerprint density at radius 2 is 1.79 bits per heavy atom. The van der Waals surface area contributed by atoms with E-state index in [0.29, 0.717) is 5.75 Å². The molecule has 3 unspecified atom stereocenters. The van der Waals surface area contributed by atoms with Gasteiger partial charge in [0.15, 0.2) is 6.10 Å². The maximum atomic E-state index is 10.0. The van der Waals surface area contributed by atoms with Gasteiger partial charge in [-0.2, -0.15) is 0 Å². The molecule has 1 saturated heterocycles. The van der Waals surface area contributed by atoms with Gasteiger partial charge in [0.2, 0.25) is 0 Å². The average Bonchev–Trinajstić information content (AvgIpc) is 2.41. The summed E-state index contributed by atoms with van der Waals surface area (Å²) in [5.74, 6) is 0.563. The molecule has 0 saturated carbocycles. The normalized spacial score (nSPS) is 35.1. The van der Waals surface area contributed by atoms with Crippen molar-refractivity contribution in [2.75, 3.05) is 6.61 Å². The van der Waals surface area contributed by atoms with Crippen molar-refractivity contribution in [1.29, 1.82) is 0 Å². The van der Waals surface area contributed by atoms with Crippen LogP contribution in [-0.4, -0.2) is 57.6 Å².